The Bertz CT molecular complexity index is 446. The van der Waals surface area contributed by atoms with E-state index in [9.17, 15) is 5.11 Å². The monoisotopic (exact) mass is 281 g/mol. The standard InChI is InChI=1S/C14H23N3OS/c1-10-13(11(2)18)19-14(15-10)17-8-7-16-6-4-3-5-12(16)9-17/h11-12,18H,3-9H2,1-2H3. The van der Waals surface area contributed by atoms with Crippen LogP contribution in [0.4, 0.5) is 5.13 Å². The van der Waals surface area contributed by atoms with E-state index < -0.39 is 6.10 Å². The van der Waals surface area contributed by atoms with E-state index in [2.05, 4.69) is 14.8 Å². The number of anilines is 1. The molecule has 0 spiro atoms. The van der Waals surface area contributed by atoms with Gasteiger partial charge in [-0.25, -0.2) is 4.98 Å². The van der Waals surface area contributed by atoms with Crippen LogP contribution in [0.1, 0.15) is 42.9 Å². The van der Waals surface area contributed by atoms with Gasteiger partial charge in [0.1, 0.15) is 0 Å². The molecular weight excluding hydrogens is 258 g/mol. The van der Waals surface area contributed by atoms with Gasteiger partial charge >= 0.3 is 0 Å². The molecule has 4 nitrogen and oxygen atoms in total. The summed E-state index contributed by atoms with van der Waals surface area (Å²) in [5, 5.41) is 10.8. The molecule has 106 valence electrons. The third-order valence-corrected chi connectivity index (χ3v) is 5.70. The lowest BCUT2D eigenvalue weighted by atomic mass is 10.00. The highest BCUT2D eigenvalue weighted by atomic mass is 32.1. The third-order valence-electron chi connectivity index (χ3n) is 4.31. The predicted molar refractivity (Wildman–Crippen MR) is 78.9 cm³/mol. The van der Waals surface area contributed by atoms with Crippen LogP contribution in [0, 0.1) is 6.92 Å². The van der Waals surface area contributed by atoms with Crippen LogP contribution in [-0.2, 0) is 0 Å². The summed E-state index contributed by atoms with van der Waals surface area (Å²) in [5.74, 6) is 0. The Balaban J connectivity index is 1.74. The van der Waals surface area contributed by atoms with Crippen LogP contribution >= 0.6 is 11.3 Å². The number of rotatable bonds is 2. The molecule has 2 unspecified atom stereocenters. The number of fused-ring (bicyclic) bond motifs is 1. The van der Waals surface area contributed by atoms with Gasteiger partial charge in [-0.3, -0.25) is 4.90 Å². The molecule has 2 atom stereocenters. The lowest BCUT2D eigenvalue weighted by Gasteiger charge is -2.44. The highest BCUT2D eigenvalue weighted by Crippen LogP contribution is 2.32. The Hall–Kier alpha value is -0.650. The normalized spacial score (nSPS) is 26.3. The van der Waals surface area contributed by atoms with Gasteiger partial charge in [-0.2, -0.15) is 0 Å². The zero-order chi connectivity index (χ0) is 13.4. The van der Waals surface area contributed by atoms with Crippen LogP contribution in [0.25, 0.3) is 0 Å². The topological polar surface area (TPSA) is 39.6 Å². The number of piperazine rings is 1. The van der Waals surface area contributed by atoms with Crippen molar-refractivity contribution >= 4 is 16.5 Å². The van der Waals surface area contributed by atoms with Crippen LogP contribution in [0.2, 0.25) is 0 Å². The van der Waals surface area contributed by atoms with Crippen LogP contribution in [0.5, 0.6) is 0 Å². The molecular formula is C14H23N3OS. The molecule has 2 aliphatic rings. The van der Waals surface area contributed by atoms with E-state index in [1.54, 1.807) is 11.3 Å². The van der Waals surface area contributed by atoms with Crippen molar-refractivity contribution in [2.75, 3.05) is 31.1 Å². The molecule has 0 aromatic carbocycles. The maximum Gasteiger partial charge on any atom is 0.185 e. The SMILES string of the molecule is Cc1nc(N2CCN3CCCCC3C2)sc1C(C)O. The average molecular weight is 281 g/mol. The molecule has 2 saturated heterocycles. The summed E-state index contributed by atoms with van der Waals surface area (Å²) in [5.41, 5.74) is 0.987. The maximum atomic E-state index is 9.75. The first-order valence-corrected chi connectivity index (χ1v) is 8.11. The fourth-order valence-electron chi connectivity index (χ4n) is 3.25. The molecule has 0 radical (unpaired) electrons. The smallest absolute Gasteiger partial charge is 0.185 e. The Labute approximate surface area is 119 Å². The van der Waals surface area contributed by atoms with Crippen LogP contribution in [0.15, 0.2) is 0 Å². The van der Waals surface area contributed by atoms with Crippen LogP contribution < -0.4 is 4.90 Å². The van der Waals surface area contributed by atoms with Gasteiger partial charge in [0.05, 0.1) is 16.7 Å². The number of aromatic nitrogens is 1. The summed E-state index contributed by atoms with van der Waals surface area (Å²) in [7, 11) is 0. The van der Waals surface area contributed by atoms with E-state index in [0.29, 0.717) is 6.04 Å². The Morgan fingerprint density at radius 1 is 1.32 bits per heavy atom. The fraction of sp³-hybridized carbons (Fsp3) is 0.786. The molecule has 0 aliphatic carbocycles. The summed E-state index contributed by atoms with van der Waals surface area (Å²) in [4.78, 5) is 10.7. The molecule has 5 heteroatoms. The molecule has 2 aliphatic heterocycles. The molecule has 0 amide bonds. The van der Waals surface area contributed by atoms with E-state index in [1.807, 2.05) is 13.8 Å². The highest BCUT2D eigenvalue weighted by Gasteiger charge is 2.30. The molecule has 0 saturated carbocycles. The number of hydrogen-bond donors (Lipinski definition) is 1. The number of aliphatic hydroxyl groups excluding tert-OH is 1. The Morgan fingerprint density at radius 3 is 2.89 bits per heavy atom. The number of aryl methyl sites for hydroxylation is 1. The zero-order valence-corrected chi connectivity index (χ0v) is 12.6. The Morgan fingerprint density at radius 2 is 2.16 bits per heavy atom. The van der Waals surface area contributed by atoms with Crippen molar-refractivity contribution in [2.24, 2.45) is 0 Å². The van der Waals surface area contributed by atoms with E-state index in [4.69, 9.17) is 0 Å². The minimum atomic E-state index is -0.401. The van der Waals surface area contributed by atoms with Crippen molar-refractivity contribution in [2.45, 2.75) is 45.3 Å². The van der Waals surface area contributed by atoms with Crippen LogP contribution in [-0.4, -0.2) is 47.2 Å². The van der Waals surface area contributed by atoms with E-state index in [0.717, 1.165) is 35.3 Å². The van der Waals surface area contributed by atoms with Crippen molar-refractivity contribution in [3.8, 4) is 0 Å². The lowest BCUT2D eigenvalue weighted by Crippen LogP contribution is -2.54. The minimum Gasteiger partial charge on any atom is -0.388 e. The number of aliphatic hydroxyl groups is 1. The van der Waals surface area contributed by atoms with Crippen molar-refractivity contribution in [3.05, 3.63) is 10.6 Å². The van der Waals surface area contributed by atoms with Gasteiger partial charge in [-0.05, 0) is 33.2 Å². The molecule has 1 aromatic heterocycles. The van der Waals surface area contributed by atoms with Crippen molar-refractivity contribution in [3.63, 3.8) is 0 Å². The summed E-state index contributed by atoms with van der Waals surface area (Å²) in [6.07, 6.45) is 3.65. The first-order valence-electron chi connectivity index (χ1n) is 7.29. The molecule has 3 heterocycles. The van der Waals surface area contributed by atoms with Crippen LogP contribution in [0.3, 0.4) is 0 Å². The van der Waals surface area contributed by atoms with Crippen molar-refractivity contribution in [1.82, 2.24) is 9.88 Å². The summed E-state index contributed by atoms with van der Waals surface area (Å²) in [6, 6.07) is 0.710. The number of piperidine rings is 1. The zero-order valence-electron chi connectivity index (χ0n) is 11.8. The second kappa shape index (κ2) is 5.38. The van der Waals surface area contributed by atoms with Gasteiger partial charge in [-0.1, -0.05) is 17.8 Å². The van der Waals surface area contributed by atoms with Gasteiger partial charge in [-0.15, -0.1) is 0 Å². The fourth-order valence-corrected chi connectivity index (χ4v) is 4.28. The quantitative estimate of drug-likeness (QED) is 0.902. The first kappa shape index (κ1) is 13.3. The largest absolute Gasteiger partial charge is 0.388 e. The summed E-state index contributed by atoms with van der Waals surface area (Å²) >= 11 is 1.66. The predicted octanol–water partition coefficient (Wildman–Crippen LogP) is 2.18. The van der Waals surface area contributed by atoms with Crippen molar-refractivity contribution < 1.29 is 5.11 Å². The second-order valence-electron chi connectivity index (χ2n) is 5.75. The third kappa shape index (κ3) is 2.64. The minimum absolute atomic E-state index is 0.401. The lowest BCUT2D eigenvalue weighted by molar-refractivity contribution is 0.133. The second-order valence-corrected chi connectivity index (χ2v) is 6.76. The molecule has 19 heavy (non-hydrogen) atoms. The molecule has 2 fully saturated rings. The van der Waals surface area contributed by atoms with Gasteiger partial charge < -0.3 is 10.0 Å². The molecule has 1 N–H and O–H groups in total. The summed E-state index contributed by atoms with van der Waals surface area (Å²) < 4.78 is 0. The van der Waals surface area contributed by atoms with Gasteiger partial charge in [0.25, 0.3) is 0 Å². The molecule has 1 aromatic rings. The van der Waals surface area contributed by atoms with E-state index in [1.165, 1.54) is 25.8 Å². The maximum absolute atomic E-state index is 9.75. The first-order chi connectivity index (χ1) is 9.15. The van der Waals surface area contributed by atoms with E-state index in [-0.39, 0.29) is 0 Å². The molecule has 3 rings (SSSR count). The Kier molecular flexibility index (Phi) is 3.78. The van der Waals surface area contributed by atoms with Crippen molar-refractivity contribution in [1.29, 1.82) is 0 Å². The number of thiazole rings is 1. The van der Waals surface area contributed by atoms with Gasteiger partial charge in [0.2, 0.25) is 0 Å². The number of hydrogen-bond acceptors (Lipinski definition) is 5. The summed E-state index contributed by atoms with van der Waals surface area (Å²) in [6.45, 7) is 8.43. The average Bonchev–Trinajstić information content (AvgIpc) is 2.80. The van der Waals surface area contributed by atoms with E-state index >= 15 is 0 Å². The number of nitrogens with zero attached hydrogens (tertiary/aromatic N) is 3. The highest BCUT2D eigenvalue weighted by molar-refractivity contribution is 7.15. The molecule has 0 bridgehead atoms. The van der Waals surface area contributed by atoms with Gasteiger partial charge in [0.15, 0.2) is 5.13 Å². The van der Waals surface area contributed by atoms with Gasteiger partial charge in [0, 0.05) is 25.7 Å².